The highest BCUT2D eigenvalue weighted by atomic mass is 35.5. The van der Waals surface area contributed by atoms with Gasteiger partial charge in [-0.3, -0.25) is 9.59 Å². The Morgan fingerprint density at radius 3 is 2.16 bits per heavy atom. The van der Waals surface area contributed by atoms with Crippen molar-refractivity contribution in [1.29, 1.82) is 0 Å². The van der Waals surface area contributed by atoms with Gasteiger partial charge in [0.05, 0.1) is 6.42 Å². The van der Waals surface area contributed by atoms with Gasteiger partial charge >= 0.3 is 0 Å². The third-order valence-electron chi connectivity index (χ3n) is 6.85. The summed E-state index contributed by atoms with van der Waals surface area (Å²) in [5.41, 5.74) is 2.37. The Labute approximate surface area is 233 Å². The van der Waals surface area contributed by atoms with E-state index in [-0.39, 0.29) is 30.8 Å². The number of nitrogens with one attached hydrogen (secondary N) is 1. The monoisotopic (exact) mass is 556 g/mol. The molecule has 0 unspecified atom stereocenters. The summed E-state index contributed by atoms with van der Waals surface area (Å²) in [5.74, 6) is -0.369. The van der Waals surface area contributed by atoms with Crippen LogP contribution in [0.3, 0.4) is 0 Å². The number of hydrogen-bond donors (Lipinski definition) is 1. The number of rotatable bonds is 9. The first-order chi connectivity index (χ1) is 17.9. The molecule has 7 heteroatoms. The van der Waals surface area contributed by atoms with Crippen LogP contribution in [0.5, 0.6) is 0 Å². The van der Waals surface area contributed by atoms with E-state index in [1.807, 2.05) is 48.5 Å². The van der Waals surface area contributed by atoms with Crippen LogP contribution in [0.25, 0.3) is 0 Å². The average Bonchev–Trinajstić information content (AvgIpc) is 2.89. The summed E-state index contributed by atoms with van der Waals surface area (Å²) < 4.78 is 0. The zero-order chi connectivity index (χ0) is 26.2. The first-order valence-corrected chi connectivity index (χ1v) is 13.8. The van der Waals surface area contributed by atoms with Crippen molar-refractivity contribution >= 4 is 46.6 Å². The van der Waals surface area contributed by atoms with Gasteiger partial charge in [-0.1, -0.05) is 103 Å². The van der Waals surface area contributed by atoms with Gasteiger partial charge in [0.25, 0.3) is 0 Å². The van der Waals surface area contributed by atoms with E-state index in [1.54, 1.807) is 29.2 Å². The van der Waals surface area contributed by atoms with Crippen molar-refractivity contribution in [3.05, 3.63) is 105 Å². The molecule has 4 nitrogen and oxygen atoms in total. The van der Waals surface area contributed by atoms with Gasteiger partial charge in [0.15, 0.2) is 0 Å². The first kappa shape index (κ1) is 27.5. The SMILES string of the molecule is O=C(NC1CCCCC1)[C@H](Cc1ccccc1)N(Cc1cccc(Cl)c1)C(=O)Cc1c(Cl)cccc1Cl. The zero-order valence-electron chi connectivity index (χ0n) is 20.6. The smallest absolute Gasteiger partial charge is 0.243 e. The van der Waals surface area contributed by atoms with E-state index in [4.69, 9.17) is 34.8 Å². The van der Waals surface area contributed by atoms with Crippen LogP contribution in [-0.2, 0) is 29.0 Å². The Bertz CT molecular complexity index is 1190. The molecule has 1 saturated carbocycles. The Kier molecular flexibility index (Phi) is 9.90. The molecule has 0 saturated heterocycles. The van der Waals surface area contributed by atoms with E-state index in [0.29, 0.717) is 27.1 Å². The minimum Gasteiger partial charge on any atom is -0.352 e. The fourth-order valence-electron chi connectivity index (χ4n) is 4.88. The lowest BCUT2D eigenvalue weighted by Gasteiger charge is -2.33. The van der Waals surface area contributed by atoms with Gasteiger partial charge in [-0.15, -0.1) is 0 Å². The molecule has 0 bridgehead atoms. The minimum atomic E-state index is -0.711. The highest BCUT2D eigenvalue weighted by Gasteiger charge is 2.32. The molecular formula is C30H31Cl3N2O2. The number of halogens is 3. The Hall–Kier alpha value is -2.53. The second-order valence-corrected chi connectivity index (χ2v) is 10.8. The van der Waals surface area contributed by atoms with E-state index in [1.165, 1.54) is 6.42 Å². The second kappa shape index (κ2) is 13.3. The summed E-state index contributed by atoms with van der Waals surface area (Å²) in [4.78, 5) is 29.4. The number of benzene rings is 3. The van der Waals surface area contributed by atoms with Crippen molar-refractivity contribution < 1.29 is 9.59 Å². The van der Waals surface area contributed by atoms with Crippen molar-refractivity contribution in [2.75, 3.05) is 0 Å². The maximum atomic E-state index is 13.9. The molecule has 1 aliphatic carbocycles. The lowest BCUT2D eigenvalue weighted by molar-refractivity contribution is -0.141. The summed E-state index contributed by atoms with van der Waals surface area (Å²) in [6, 6.07) is 21.7. The summed E-state index contributed by atoms with van der Waals surface area (Å²) in [6.45, 7) is 0.233. The number of carbonyl (C=O) groups is 2. The number of amides is 2. The van der Waals surface area contributed by atoms with Gasteiger partial charge < -0.3 is 10.2 Å². The Morgan fingerprint density at radius 2 is 1.49 bits per heavy atom. The van der Waals surface area contributed by atoms with Crippen molar-refractivity contribution in [3.63, 3.8) is 0 Å². The largest absolute Gasteiger partial charge is 0.352 e. The quantitative estimate of drug-likeness (QED) is 0.301. The molecule has 3 aromatic carbocycles. The van der Waals surface area contributed by atoms with Gasteiger partial charge in [-0.25, -0.2) is 0 Å². The molecule has 37 heavy (non-hydrogen) atoms. The van der Waals surface area contributed by atoms with E-state index < -0.39 is 6.04 Å². The number of nitrogens with zero attached hydrogens (tertiary/aromatic N) is 1. The van der Waals surface area contributed by atoms with Crippen LogP contribution in [0.4, 0.5) is 0 Å². The maximum absolute atomic E-state index is 13.9. The van der Waals surface area contributed by atoms with E-state index >= 15 is 0 Å². The van der Waals surface area contributed by atoms with Gasteiger partial charge in [0.2, 0.25) is 11.8 Å². The predicted octanol–water partition coefficient (Wildman–Crippen LogP) is 7.28. The molecule has 2 amide bonds. The van der Waals surface area contributed by atoms with Crippen LogP contribution in [0.2, 0.25) is 15.1 Å². The first-order valence-electron chi connectivity index (χ1n) is 12.7. The van der Waals surface area contributed by atoms with Crippen molar-refractivity contribution in [3.8, 4) is 0 Å². The standard InChI is InChI=1S/C30H31Cl3N2O2/c31-23-12-7-11-22(17-23)20-35(29(36)19-25-26(32)15-8-16-27(25)33)28(18-21-9-3-1-4-10-21)30(37)34-24-13-5-2-6-14-24/h1,3-4,7-12,15-17,24,28H,2,5-6,13-14,18-20H2,(H,34,37)/t28-/m0/s1. The molecule has 0 heterocycles. The lowest BCUT2D eigenvalue weighted by atomic mass is 9.94. The molecule has 194 valence electrons. The van der Waals surface area contributed by atoms with Crippen molar-refractivity contribution in [1.82, 2.24) is 10.2 Å². The molecule has 1 atom stereocenters. The molecule has 1 aliphatic rings. The van der Waals surface area contributed by atoms with Gasteiger partial charge in [-0.05, 0) is 53.8 Å². The van der Waals surface area contributed by atoms with Gasteiger partial charge in [0.1, 0.15) is 6.04 Å². The zero-order valence-corrected chi connectivity index (χ0v) is 22.9. The molecule has 1 N–H and O–H groups in total. The Balaban J connectivity index is 1.68. The van der Waals surface area contributed by atoms with E-state index in [2.05, 4.69) is 5.32 Å². The number of hydrogen-bond acceptors (Lipinski definition) is 2. The predicted molar refractivity (Wildman–Crippen MR) is 151 cm³/mol. The highest BCUT2D eigenvalue weighted by molar-refractivity contribution is 6.36. The third-order valence-corrected chi connectivity index (χ3v) is 7.80. The normalized spacial score (nSPS) is 14.7. The second-order valence-electron chi connectivity index (χ2n) is 9.58. The van der Waals surface area contributed by atoms with Gasteiger partial charge in [0, 0.05) is 34.1 Å². The summed E-state index contributed by atoms with van der Waals surface area (Å²) in [7, 11) is 0. The lowest BCUT2D eigenvalue weighted by Crippen LogP contribution is -2.53. The Morgan fingerprint density at radius 1 is 0.838 bits per heavy atom. The maximum Gasteiger partial charge on any atom is 0.243 e. The summed E-state index contributed by atoms with van der Waals surface area (Å²) >= 11 is 19.1. The molecular weight excluding hydrogens is 527 g/mol. The highest BCUT2D eigenvalue weighted by Crippen LogP contribution is 2.27. The van der Waals surface area contributed by atoms with Crippen molar-refractivity contribution in [2.45, 2.75) is 63.6 Å². The van der Waals surface area contributed by atoms with Crippen LogP contribution >= 0.6 is 34.8 Å². The van der Waals surface area contributed by atoms with Gasteiger partial charge in [-0.2, -0.15) is 0 Å². The summed E-state index contributed by atoms with van der Waals surface area (Å²) in [5, 5.41) is 4.67. The summed E-state index contributed by atoms with van der Waals surface area (Å²) in [6.07, 6.45) is 5.69. The van der Waals surface area contributed by atoms with Crippen molar-refractivity contribution in [2.24, 2.45) is 0 Å². The molecule has 0 radical (unpaired) electrons. The molecule has 3 aromatic rings. The molecule has 0 aromatic heterocycles. The molecule has 0 aliphatic heterocycles. The topological polar surface area (TPSA) is 49.4 Å². The fourth-order valence-corrected chi connectivity index (χ4v) is 5.63. The van der Waals surface area contributed by atoms with Crippen LogP contribution in [-0.4, -0.2) is 28.8 Å². The van der Waals surface area contributed by atoms with Crippen LogP contribution in [0, 0.1) is 0 Å². The van der Waals surface area contributed by atoms with Crippen LogP contribution in [0.1, 0.15) is 48.8 Å². The average molecular weight is 558 g/mol. The van der Waals surface area contributed by atoms with E-state index in [0.717, 1.165) is 36.8 Å². The van der Waals surface area contributed by atoms with Crippen LogP contribution in [0.15, 0.2) is 72.8 Å². The molecule has 1 fully saturated rings. The number of carbonyl (C=O) groups excluding carboxylic acids is 2. The van der Waals surface area contributed by atoms with Crippen LogP contribution < -0.4 is 5.32 Å². The minimum absolute atomic E-state index is 0.0128. The van der Waals surface area contributed by atoms with E-state index in [9.17, 15) is 9.59 Å². The fraction of sp³-hybridized carbons (Fsp3) is 0.333. The molecule has 0 spiro atoms. The molecule has 4 rings (SSSR count). The third kappa shape index (κ3) is 7.73.